The molecule has 0 saturated carbocycles. The molecule has 0 radical (unpaired) electrons. The quantitative estimate of drug-likeness (QED) is 0.603. The lowest BCUT2D eigenvalue weighted by atomic mass is 9.73. The van der Waals surface area contributed by atoms with Crippen molar-refractivity contribution >= 4 is 17.8 Å². The molecule has 0 aliphatic carbocycles. The van der Waals surface area contributed by atoms with Crippen LogP contribution in [0.2, 0.25) is 0 Å². The minimum absolute atomic E-state index is 0.284. The van der Waals surface area contributed by atoms with Gasteiger partial charge in [0, 0.05) is 5.41 Å². The molecular weight excluding hydrogens is 310 g/mol. The lowest BCUT2D eigenvalue weighted by molar-refractivity contribution is -0.157. The smallest absolute Gasteiger partial charge is 0.311 e. The molecule has 6 heteroatoms. The van der Waals surface area contributed by atoms with Crippen LogP contribution in [0.15, 0.2) is 4.99 Å². The highest BCUT2D eigenvalue weighted by Gasteiger charge is 2.42. The third kappa shape index (κ3) is 4.95. The second kappa shape index (κ2) is 8.49. The van der Waals surface area contributed by atoms with Crippen molar-refractivity contribution in [2.24, 2.45) is 21.7 Å². The van der Waals surface area contributed by atoms with Gasteiger partial charge < -0.3 is 14.2 Å². The van der Waals surface area contributed by atoms with Crippen molar-refractivity contribution in [2.45, 2.75) is 53.9 Å². The number of methoxy groups -OCH3 is 1. The van der Waals surface area contributed by atoms with Crippen LogP contribution in [0.1, 0.15) is 53.9 Å². The van der Waals surface area contributed by atoms with Gasteiger partial charge in [0.15, 0.2) is 5.90 Å². The van der Waals surface area contributed by atoms with E-state index in [1.807, 2.05) is 27.7 Å². The number of rotatable bonds is 9. The highest BCUT2D eigenvalue weighted by Crippen LogP contribution is 2.38. The number of hydrogen-bond acceptors (Lipinski definition) is 6. The van der Waals surface area contributed by atoms with Gasteiger partial charge in [-0.1, -0.05) is 20.8 Å². The molecule has 1 aliphatic rings. The fourth-order valence-corrected chi connectivity index (χ4v) is 3.11. The number of carbonyl (C=O) groups is 2. The van der Waals surface area contributed by atoms with Crippen LogP contribution in [0.5, 0.6) is 0 Å². The van der Waals surface area contributed by atoms with Crippen molar-refractivity contribution in [2.75, 3.05) is 26.9 Å². The highest BCUT2D eigenvalue weighted by atomic mass is 16.5. The Bertz CT molecular complexity index is 486. The summed E-state index contributed by atoms with van der Waals surface area (Å²) >= 11 is 0. The van der Waals surface area contributed by atoms with E-state index in [9.17, 15) is 9.59 Å². The second-order valence-electron chi connectivity index (χ2n) is 7.18. The van der Waals surface area contributed by atoms with Crippen molar-refractivity contribution in [1.82, 2.24) is 0 Å². The molecule has 0 aromatic heterocycles. The summed E-state index contributed by atoms with van der Waals surface area (Å²) in [6, 6.07) is 0. The maximum absolute atomic E-state index is 12.5. The predicted molar refractivity (Wildman–Crippen MR) is 91.8 cm³/mol. The first-order chi connectivity index (χ1) is 11.2. The average Bonchev–Trinajstić information content (AvgIpc) is 3.08. The Labute approximate surface area is 144 Å². The molecule has 6 nitrogen and oxygen atoms in total. The molecule has 2 atom stereocenters. The van der Waals surface area contributed by atoms with Gasteiger partial charge in [0.25, 0.3) is 0 Å². The van der Waals surface area contributed by atoms with Gasteiger partial charge in [-0.25, -0.2) is 0 Å². The number of ether oxygens (including phenoxy) is 3. The van der Waals surface area contributed by atoms with E-state index >= 15 is 0 Å². The first kappa shape index (κ1) is 20.5. The number of hydrogen-bond donors (Lipinski definition) is 0. The summed E-state index contributed by atoms with van der Waals surface area (Å²) in [5, 5.41) is 0. The zero-order valence-electron chi connectivity index (χ0n) is 15.8. The number of carbonyl (C=O) groups excluding carboxylic acids is 2. The van der Waals surface area contributed by atoms with Crippen LogP contribution >= 0.6 is 0 Å². The summed E-state index contributed by atoms with van der Waals surface area (Å²) in [5.41, 5.74) is -1.11. The fraction of sp³-hybridized carbons (Fsp3) is 0.833. The van der Waals surface area contributed by atoms with E-state index in [2.05, 4.69) is 4.99 Å². The second-order valence-corrected chi connectivity index (χ2v) is 7.18. The molecule has 0 amide bonds. The molecule has 24 heavy (non-hydrogen) atoms. The molecule has 0 spiro atoms. The molecule has 0 saturated heterocycles. The number of esters is 2. The van der Waals surface area contributed by atoms with Gasteiger partial charge in [-0.3, -0.25) is 14.6 Å². The topological polar surface area (TPSA) is 74.2 Å². The van der Waals surface area contributed by atoms with Crippen LogP contribution in [0.3, 0.4) is 0 Å². The van der Waals surface area contributed by atoms with E-state index < -0.39 is 16.7 Å². The predicted octanol–water partition coefficient (Wildman–Crippen LogP) is 2.99. The maximum Gasteiger partial charge on any atom is 0.311 e. The monoisotopic (exact) mass is 341 g/mol. The van der Waals surface area contributed by atoms with E-state index in [1.54, 1.807) is 6.92 Å². The normalized spacial score (nSPS) is 18.2. The summed E-state index contributed by atoms with van der Waals surface area (Å²) in [6.07, 6.45) is 1.48. The molecule has 0 fully saturated rings. The lowest BCUT2D eigenvalue weighted by Crippen LogP contribution is -2.37. The third-order valence-corrected chi connectivity index (χ3v) is 4.70. The Hall–Kier alpha value is -1.59. The Kier molecular flexibility index (Phi) is 7.24. The SMILES string of the molecule is CCOC(=O)C(CC(C)(C)C1=NCCO1)CC(C)(CC)C(=O)OC. The molecule has 1 heterocycles. The summed E-state index contributed by atoms with van der Waals surface area (Å²) in [7, 11) is 1.38. The summed E-state index contributed by atoms with van der Waals surface area (Å²) in [4.78, 5) is 29.0. The van der Waals surface area contributed by atoms with E-state index in [-0.39, 0.29) is 11.9 Å². The number of aliphatic imine (C=N–C) groups is 1. The van der Waals surface area contributed by atoms with Crippen molar-refractivity contribution in [1.29, 1.82) is 0 Å². The Balaban J connectivity index is 2.99. The van der Waals surface area contributed by atoms with Crippen molar-refractivity contribution in [3.8, 4) is 0 Å². The van der Waals surface area contributed by atoms with Gasteiger partial charge in [0.2, 0.25) is 0 Å². The van der Waals surface area contributed by atoms with E-state index in [1.165, 1.54) is 7.11 Å². The molecule has 1 aliphatic heterocycles. The molecule has 0 bridgehead atoms. The number of nitrogens with zero attached hydrogens (tertiary/aromatic N) is 1. The van der Waals surface area contributed by atoms with Gasteiger partial charge >= 0.3 is 11.9 Å². The third-order valence-electron chi connectivity index (χ3n) is 4.70. The standard InChI is InChI=1S/C18H31NO5/c1-7-18(5,16(21)22-6)12-13(14(20)23-8-2)11-17(3,4)15-19-9-10-24-15/h13H,7-12H2,1-6H3. The highest BCUT2D eigenvalue weighted by molar-refractivity contribution is 5.84. The Morgan fingerprint density at radius 2 is 1.92 bits per heavy atom. The molecular formula is C18H31NO5. The van der Waals surface area contributed by atoms with Crippen molar-refractivity contribution < 1.29 is 23.8 Å². The maximum atomic E-state index is 12.5. The average molecular weight is 341 g/mol. The van der Waals surface area contributed by atoms with Gasteiger partial charge in [-0.15, -0.1) is 0 Å². The van der Waals surface area contributed by atoms with Crippen molar-refractivity contribution in [3.05, 3.63) is 0 Å². The largest absolute Gasteiger partial charge is 0.479 e. The van der Waals surface area contributed by atoms with Crippen LogP contribution in [0.4, 0.5) is 0 Å². The van der Waals surface area contributed by atoms with Crippen molar-refractivity contribution in [3.63, 3.8) is 0 Å². The van der Waals surface area contributed by atoms with Gasteiger partial charge in [0.05, 0.1) is 31.6 Å². The molecule has 0 N–H and O–H groups in total. The van der Waals surface area contributed by atoms with E-state index in [4.69, 9.17) is 14.2 Å². The van der Waals surface area contributed by atoms with Gasteiger partial charge in [0.1, 0.15) is 6.61 Å². The zero-order valence-corrected chi connectivity index (χ0v) is 15.8. The Morgan fingerprint density at radius 1 is 1.25 bits per heavy atom. The fourth-order valence-electron chi connectivity index (χ4n) is 3.11. The first-order valence-corrected chi connectivity index (χ1v) is 8.63. The lowest BCUT2D eigenvalue weighted by Gasteiger charge is -2.33. The molecule has 1 rings (SSSR count). The van der Waals surface area contributed by atoms with Crippen LogP contribution in [0.25, 0.3) is 0 Å². The van der Waals surface area contributed by atoms with Crippen LogP contribution in [-0.2, 0) is 23.8 Å². The van der Waals surface area contributed by atoms with Gasteiger partial charge in [-0.05, 0) is 33.1 Å². The summed E-state index contributed by atoms with van der Waals surface area (Å²) in [5.74, 6) is -0.330. The first-order valence-electron chi connectivity index (χ1n) is 8.63. The zero-order chi connectivity index (χ0) is 18.4. The van der Waals surface area contributed by atoms with E-state index in [0.29, 0.717) is 44.9 Å². The van der Waals surface area contributed by atoms with Crippen LogP contribution in [0, 0.1) is 16.7 Å². The Morgan fingerprint density at radius 3 is 2.38 bits per heavy atom. The minimum atomic E-state index is -0.722. The minimum Gasteiger partial charge on any atom is -0.479 e. The molecule has 2 unspecified atom stereocenters. The van der Waals surface area contributed by atoms with E-state index in [0.717, 1.165) is 0 Å². The summed E-state index contributed by atoms with van der Waals surface area (Å²) < 4.78 is 15.8. The molecule has 138 valence electrons. The van der Waals surface area contributed by atoms with Crippen LogP contribution < -0.4 is 0 Å². The molecule has 0 aromatic carbocycles. The van der Waals surface area contributed by atoms with Crippen LogP contribution in [-0.4, -0.2) is 44.7 Å². The van der Waals surface area contributed by atoms with Gasteiger partial charge in [-0.2, -0.15) is 0 Å². The summed E-state index contributed by atoms with van der Waals surface area (Å²) in [6.45, 7) is 11.1. The molecule has 0 aromatic rings.